The van der Waals surface area contributed by atoms with E-state index in [4.69, 9.17) is 0 Å². The van der Waals surface area contributed by atoms with E-state index in [0.29, 0.717) is 6.04 Å². The van der Waals surface area contributed by atoms with Crippen molar-refractivity contribution in [3.8, 4) is 0 Å². The molecule has 0 radical (unpaired) electrons. The summed E-state index contributed by atoms with van der Waals surface area (Å²) in [6.07, 6.45) is 9.04. The molecule has 0 spiro atoms. The number of hydrogen-bond acceptors (Lipinski definition) is 3. The van der Waals surface area contributed by atoms with Crippen LogP contribution >= 0.6 is 0 Å². The average Bonchev–Trinajstić information content (AvgIpc) is 3.00. The van der Waals surface area contributed by atoms with Crippen LogP contribution in [0.25, 0.3) is 0 Å². The summed E-state index contributed by atoms with van der Waals surface area (Å²) in [7, 11) is 1.89. The van der Waals surface area contributed by atoms with Crippen LogP contribution in [-0.2, 0) is 13.6 Å². The van der Waals surface area contributed by atoms with Crippen molar-refractivity contribution in [3.63, 3.8) is 0 Å². The summed E-state index contributed by atoms with van der Waals surface area (Å²) < 4.78 is 3.93. The van der Waals surface area contributed by atoms with Crippen LogP contribution in [-0.4, -0.2) is 26.1 Å². The molecule has 2 aromatic heterocycles. The number of aromatic nitrogens is 4. The zero-order chi connectivity index (χ0) is 13.2. The van der Waals surface area contributed by atoms with Gasteiger partial charge in [-0.2, -0.15) is 0 Å². The van der Waals surface area contributed by atoms with Crippen molar-refractivity contribution in [2.24, 2.45) is 13.0 Å². The summed E-state index contributed by atoms with van der Waals surface area (Å²) in [6, 6.07) is 2.75. The molecule has 1 N–H and O–H groups in total. The van der Waals surface area contributed by atoms with E-state index >= 15 is 0 Å². The molecule has 0 aromatic carbocycles. The number of hydrogen-bond donors (Lipinski definition) is 1. The first kappa shape index (κ1) is 12.4. The molecule has 19 heavy (non-hydrogen) atoms. The first-order valence-electron chi connectivity index (χ1n) is 7.00. The second kappa shape index (κ2) is 5.17. The van der Waals surface area contributed by atoms with Crippen molar-refractivity contribution in [2.75, 3.05) is 6.54 Å². The maximum atomic E-state index is 4.13. The van der Waals surface area contributed by atoms with Crippen LogP contribution in [0.3, 0.4) is 0 Å². The monoisotopic (exact) mass is 259 g/mol. The molecule has 1 aliphatic rings. The van der Waals surface area contributed by atoms with Gasteiger partial charge in [0.05, 0.1) is 6.54 Å². The highest BCUT2D eigenvalue weighted by molar-refractivity contribution is 5.19. The van der Waals surface area contributed by atoms with Gasteiger partial charge in [-0.1, -0.05) is 12.1 Å². The van der Waals surface area contributed by atoms with Crippen molar-refractivity contribution in [2.45, 2.75) is 32.4 Å². The first-order chi connectivity index (χ1) is 9.26. The average molecular weight is 259 g/mol. The summed E-state index contributed by atoms with van der Waals surface area (Å²) in [5.41, 5.74) is 2.39. The van der Waals surface area contributed by atoms with Gasteiger partial charge in [0.15, 0.2) is 0 Å². The Morgan fingerprint density at radius 2 is 2.26 bits per heavy atom. The van der Waals surface area contributed by atoms with E-state index < -0.39 is 0 Å². The van der Waals surface area contributed by atoms with Gasteiger partial charge in [0, 0.05) is 31.7 Å². The lowest BCUT2D eigenvalue weighted by atomic mass is 10.1. The maximum absolute atomic E-state index is 4.13. The molecule has 102 valence electrons. The first-order valence-corrected chi connectivity index (χ1v) is 7.00. The van der Waals surface area contributed by atoms with E-state index in [2.05, 4.69) is 45.6 Å². The Balaban J connectivity index is 1.71. The van der Waals surface area contributed by atoms with E-state index in [-0.39, 0.29) is 0 Å². The lowest BCUT2D eigenvalue weighted by molar-refractivity contribution is 0.495. The Hall–Kier alpha value is -1.62. The van der Waals surface area contributed by atoms with Gasteiger partial charge in [-0.25, -0.2) is 0 Å². The molecule has 2 aromatic rings. The summed E-state index contributed by atoms with van der Waals surface area (Å²) in [5, 5.41) is 11.7. The van der Waals surface area contributed by atoms with Crippen LogP contribution in [0.1, 0.15) is 37.1 Å². The predicted octanol–water partition coefficient (Wildman–Crippen LogP) is 1.73. The quantitative estimate of drug-likeness (QED) is 0.859. The molecule has 1 fully saturated rings. The minimum Gasteiger partial charge on any atom is -0.348 e. The van der Waals surface area contributed by atoms with Crippen LogP contribution in [0.15, 0.2) is 24.7 Å². The third kappa shape index (κ3) is 2.87. The standard InChI is InChI=1S/C14H21N5/c1-3-15-14(11-4-5-11)12-6-7-19(8-12)10-13-9-18(2)17-16-13/h6-9,11,14-15H,3-5,10H2,1-2H3. The third-order valence-corrected chi connectivity index (χ3v) is 3.64. The van der Waals surface area contributed by atoms with Crippen LogP contribution in [0.5, 0.6) is 0 Å². The van der Waals surface area contributed by atoms with Gasteiger partial charge in [-0.05, 0) is 36.9 Å². The molecule has 0 amide bonds. The highest BCUT2D eigenvalue weighted by atomic mass is 15.4. The number of nitrogens with zero attached hydrogens (tertiary/aromatic N) is 4. The lowest BCUT2D eigenvalue weighted by Gasteiger charge is -2.15. The largest absolute Gasteiger partial charge is 0.348 e. The number of rotatable bonds is 6. The summed E-state index contributed by atoms with van der Waals surface area (Å²) in [6.45, 7) is 3.99. The molecule has 0 aliphatic heterocycles. The van der Waals surface area contributed by atoms with Gasteiger partial charge in [-0.15, -0.1) is 5.10 Å². The Bertz CT molecular complexity index is 538. The minimum atomic E-state index is 0.521. The van der Waals surface area contributed by atoms with Crippen molar-refractivity contribution in [1.82, 2.24) is 24.9 Å². The van der Waals surface area contributed by atoms with Gasteiger partial charge in [0.25, 0.3) is 0 Å². The zero-order valence-electron chi connectivity index (χ0n) is 11.6. The number of nitrogens with one attached hydrogen (secondary N) is 1. The molecular formula is C14H21N5. The normalized spacial score (nSPS) is 16.7. The molecule has 5 heteroatoms. The van der Waals surface area contributed by atoms with E-state index in [0.717, 1.165) is 24.7 Å². The fourth-order valence-electron chi connectivity index (χ4n) is 2.60. The summed E-state index contributed by atoms with van der Waals surface area (Å²) >= 11 is 0. The van der Waals surface area contributed by atoms with Crippen molar-refractivity contribution in [1.29, 1.82) is 0 Å². The Labute approximate surface area is 113 Å². The molecule has 5 nitrogen and oxygen atoms in total. The second-order valence-electron chi connectivity index (χ2n) is 5.37. The molecule has 1 saturated carbocycles. The SMILES string of the molecule is CCNC(c1ccn(Cc2cn(C)nn2)c1)C1CC1. The van der Waals surface area contributed by atoms with Crippen molar-refractivity contribution >= 4 is 0 Å². The van der Waals surface area contributed by atoms with Crippen LogP contribution in [0.4, 0.5) is 0 Å². The summed E-state index contributed by atoms with van der Waals surface area (Å²) in [5.74, 6) is 0.826. The fourth-order valence-corrected chi connectivity index (χ4v) is 2.60. The van der Waals surface area contributed by atoms with E-state index in [1.54, 1.807) is 4.68 Å². The Kier molecular flexibility index (Phi) is 3.38. The topological polar surface area (TPSA) is 47.7 Å². The van der Waals surface area contributed by atoms with Gasteiger partial charge in [0.1, 0.15) is 5.69 Å². The van der Waals surface area contributed by atoms with Crippen molar-refractivity contribution < 1.29 is 0 Å². The number of aryl methyl sites for hydroxylation is 1. The van der Waals surface area contributed by atoms with Crippen molar-refractivity contribution in [3.05, 3.63) is 35.9 Å². The third-order valence-electron chi connectivity index (χ3n) is 3.64. The van der Waals surface area contributed by atoms with Crippen LogP contribution < -0.4 is 5.32 Å². The fraction of sp³-hybridized carbons (Fsp3) is 0.571. The van der Waals surface area contributed by atoms with Gasteiger partial charge < -0.3 is 9.88 Å². The molecule has 1 aliphatic carbocycles. The molecule has 1 atom stereocenters. The molecule has 1 unspecified atom stereocenters. The molecule has 2 heterocycles. The van der Waals surface area contributed by atoms with E-state index in [1.807, 2.05) is 13.2 Å². The molecular weight excluding hydrogens is 238 g/mol. The Morgan fingerprint density at radius 1 is 1.42 bits per heavy atom. The smallest absolute Gasteiger partial charge is 0.102 e. The summed E-state index contributed by atoms with van der Waals surface area (Å²) in [4.78, 5) is 0. The molecule has 0 saturated heterocycles. The minimum absolute atomic E-state index is 0.521. The van der Waals surface area contributed by atoms with Gasteiger partial charge in [0.2, 0.25) is 0 Å². The molecule has 0 bridgehead atoms. The Morgan fingerprint density at radius 3 is 2.89 bits per heavy atom. The maximum Gasteiger partial charge on any atom is 0.102 e. The van der Waals surface area contributed by atoms with Gasteiger partial charge in [-0.3, -0.25) is 4.68 Å². The highest BCUT2D eigenvalue weighted by Gasteiger charge is 2.31. The predicted molar refractivity (Wildman–Crippen MR) is 73.7 cm³/mol. The zero-order valence-corrected chi connectivity index (χ0v) is 11.6. The molecule has 3 rings (SSSR count). The highest BCUT2D eigenvalue weighted by Crippen LogP contribution is 2.40. The van der Waals surface area contributed by atoms with Crippen LogP contribution in [0.2, 0.25) is 0 Å². The van der Waals surface area contributed by atoms with E-state index in [1.165, 1.54) is 18.4 Å². The second-order valence-corrected chi connectivity index (χ2v) is 5.37. The van der Waals surface area contributed by atoms with Gasteiger partial charge >= 0.3 is 0 Å². The van der Waals surface area contributed by atoms with Crippen LogP contribution in [0, 0.1) is 5.92 Å². The lowest BCUT2D eigenvalue weighted by Crippen LogP contribution is -2.22. The van der Waals surface area contributed by atoms with E-state index in [9.17, 15) is 0 Å².